The molecule has 5 rings (SSSR count). The number of carbonyl (C=O) groups excluding carboxylic acids is 1. The van der Waals surface area contributed by atoms with Crippen molar-refractivity contribution >= 4 is 16.7 Å². The normalized spacial score (nSPS) is 20.3. The average Bonchev–Trinajstić information content (AvgIpc) is 3.21. The quantitative estimate of drug-likeness (QED) is 0.656. The molecule has 0 saturated carbocycles. The zero-order valence-corrected chi connectivity index (χ0v) is 16.7. The molecule has 0 unspecified atom stereocenters. The van der Waals surface area contributed by atoms with E-state index in [-0.39, 0.29) is 11.2 Å². The molecular weight excluding hydrogens is 348 g/mol. The monoisotopic (exact) mass is 374 g/mol. The molecule has 1 spiro atoms. The number of aryl methyl sites for hydroxylation is 3. The van der Waals surface area contributed by atoms with E-state index in [1.54, 1.807) is 0 Å². The van der Waals surface area contributed by atoms with Gasteiger partial charge in [0.15, 0.2) is 6.10 Å². The first-order valence-electron chi connectivity index (χ1n) is 10.1. The van der Waals surface area contributed by atoms with Crippen molar-refractivity contribution in [1.82, 2.24) is 10.3 Å². The van der Waals surface area contributed by atoms with Crippen molar-refractivity contribution in [2.24, 2.45) is 0 Å². The van der Waals surface area contributed by atoms with Gasteiger partial charge in [-0.3, -0.25) is 4.79 Å². The zero-order chi connectivity index (χ0) is 19.5. The van der Waals surface area contributed by atoms with Gasteiger partial charge in [0.2, 0.25) is 5.78 Å². The molecule has 1 saturated heterocycles. The lowest BCUT2D eigenvalue weighted by Gasteiger charge is -2.37. The average molecular weight is 374 g/mol. The molecule has 28 heavy (non-hydrogen) atoms. The number of aromatic nitrogens is 1. The second kappa shape index (κ2) is 6.21. The van der Waals surface area contributed by atoms with Gasteiger partial charge in [-0.15, -0.1) is 0 Å². The summed E-state index contributed by atoms with van der Waals surface area (Å²) in [7, 11) is 0. The second-order valence-electron chi connectivity index (χ2n) is 8.32. The maximum atomic E-state index is 13.8. The summed E-state index contributed by atoms with van der Waals surface area (Å²) in [5.74, 6) is 0.937. The van der Waals surface area contributed by atoms with Crippen LogP contribution in [0.25, 0.3) is 10.9 Å². The highest BCUT2D eigenvalue weighted by molar-refractivity contribution is 6.06. The maximum Gasteiger partial charge on any atom is 0.220 e. The van der Waals surface area contributed by atoms with Crippen LogP contribution >= 0.6 is 0 Å². The topological polar surface area (TPSA) is 54.1 Å². The van der Waals surface area contributed by atoms with E-state index in [4.69, 9.17) is 4.74 Å². The molecule has 1 atom stereocenters. The molecule has 3 heterocycles. The summed E-state index contributed by atoms with van der Waals surface area (Å²) in [5.41, 5.74) is 6.16. The Morgan fingerprint density at radius 3 is 2.57 bits per heavy atom. The number of nitrogens with one attached hydrogen (secondary N) is 2. The smallest absolute Gasteiger partial charge is 0.220 e. The summed E-state index contributed by atoms with van der Waals surface area (Å²) < 4.78 is 6.32. The minimum atomic E-state index is -0.472. The molecule has 1 fully saturated rings. The Labute approximate surface area is 165 Å². The van der Waals surface area contributed by atoms with Gasteiger partial charge in [-0.1, -0.05) is 30.3 Å². The molecule has 144 valence electrons. The first-order chi connectivity index (χ1) is 13.5. The Morgan fingerprint density at radius 1 is 1.04 bits per heavy atom. The van der Waals surface area contributed by atoms with Crippen LogP contribution in [0.4, 0.5) is 0 Å². The number of aromatic amines is 1. The lowest BCUT2D eigenvalue weighted by Crippen LogP contribution is -2.50. The molecule has 3 aromatic rings. The van der Waals surface area contributed by atoms with E-state index in [9.17, 15) is 4.79 Å². The SMILES string of the molecule is Cc1ccc2c(C)c(C(=O)[C@@H]3Oc4ccccc4C34CCNCC4)[nH]c2c1C. The Kier molecular flexibility index (Phi) is 3.88. The lowest BCUT2D eigenvalue weighted by molar-refractivity contribution is 0.0642. The molecule has 1 aromatic heterocycles. The number of hydrogen-bond acceptors (Lipinski definition) is 3. The Bertz CT molecular complexity index is 1090. The number of ketones is 1. The van der Waals surface area contributed by atoms with Gasteiger partial charge in [0.25, 0.3) is 0 Å². The summed E-state index contributed by atoms with van der Waals surface area (Å²) in [6.07, 6.45) is 1.36. The summed E-state index contributed by atoms with van der Waals surface area (Å²) >= 11 is 0. The van der Waals surface area contributed by atoms with Crippen LogP contribution < -0.4 is 10.1 Å². The standard InChI is InChI=1S/C24H26N2O2/c1-14-8-9-17-16(3)21(26-20(17)15(14)2)22(27)23-24(10-12-25-13-11-24)18-6-4-5-7-19(18)28-23/h4-9,23,25-26H,10-13H2,1-3H3/t23-/m0/s1. The number of ether oxygens (including phenoxy) is 1. The highest BCUT2D eigenvalue weighted by atomic mass is 16.5. The first kappa shape index (κ1) is 17.5. The van der Waals surface area contributed by atoms with Gasteiger partial charge >= 0.3 is 0 Å². The van der Waals surface area contributed by atoms with Crippen molar-refractivity contribution < 1.29 is 9.53 Å². The van der Waals surface area contributed by atoms with Crippen LogP contribution in [-0.2, 0) is 5.41 Å². The maximum absolute atomic E-state index is 13.8. The first-order valence-corrected chi connectivity index (χ1v) is 10.1. The number of benzene rings is 2. The summed E-state index contributed by atoms with van der Waals surface area (Å²) in [5, 5.41) is 4.56. The fraction of sp³-hybridized carbons (Fsp3) is 0.375. The fourth-order valence-corrected chi connectivity index (χ4v) is 5.09. The van der Waals surface area contributed by atoms with Gasteiger partial charge in [-0.25, -0.2) is 0 Å². The summed E-state index contributed by atoms with van der Waals surface area (Å²) in [6.45, 7) is 8.07. The third-order valence-electron chi connectivity index (χ3n) is 6.92. The van der Waals surface area contributed by atoms with E-state index >= 15 is 0 Å². The third kappa shape index (κ3) is 2.31. The molecule has 0 amide bonds. The minimum absolute atomic E-state index is 0.0730. The number of H-pyrrole nitrogens is 1. The molecule has 2 aliphatic heterocycles. The molecule has 0 bridgehead atoms. The van der Waals surface area contributed by atoms with Crippen LogP contribution in [0.5, 0.6) is 5.75 Å². The van der Waals surface area contributed by atoms with Gasteiger partial charge in [0.1, 0.15) is 5.75 Å². The van der Waals surface area contributed by atoms with Crippen LogP contribution in [0.3, 0.4) is 0 Å². The van der Waals surface area contributed by atoms with E-state index in [0.717, 1.165) is 48.1 Å². The van der Waals surface area contributed by atoms with Crippen LogP contribution in [0.1, 0.15) is 45.6 Å². The number of piperidine rings is 1. The van der Waals surface area contributed by atoms with Gasteiger partial charge in [0.05, 0.1) is 5.69 Å². The van der Waals surface area contributed by atoms with Crippen molar-refractivity contribution in [3.05, 3.63) is 64.3 Å². The van der Waals surface area contributed by atoms with Crippen LogP contribution in [0.15, 0.2) is 36.4 Å². The summed E-state index contributed by atoms with van der Waals surface area (Å²) in [4.78, 5) is 17.3. The van der Waals surface area contributed by atoms with Gasteiger partial charge in [-0.05, 0) is 69.5 Å². The van der Waals surface area contributed by atoms with Crippen molar-refractivity contribution in [2.75, 3.05) is 13.1 Å². The highest BCUT2D eigenvalue weighted by Gasteiger charge is 2.53. The Hall–Kier alpha value is -2.59. The van der Waals surface area contributed by atoms with E-state index < -0.39 is 6.10 Å². The minimum Gasteiger partial charge on any atom is -0.481 e. The lowest BCUT2D eigenvalue weighted by atomic mass is 9.69. The molecule has 2 aliphatic rings. The molecule has 0 radical (unpaired) electrons. The van der Waals surface area contributed by atoms with E-state index in [1.807, 2.05) is 19.1 Å². The van der Waals surface area contributed by atoms with Gasteiger partial charge in [0, 0.05) is 21.9 Å². The number of para-hydroxylation sites is 1. The van der Waals surface area contributed by atoms with E-state index in [0.29, 0.717) is 5.69 Å². The largest absolute Gasteiger partial charge is 0.481 e. The van der Waals surface area contributed by atoms with Gasteiger partial charge in [-0.2, -0.15) is 0 Å². The number of Topliss-reactive ketones (excluding diaryl/α,β-unsaturated/α-hetero) is 1. The molecular formula is C24H26N2O2. The number of carbonyl (C=O) groups is 1. The van der Waals surface area contributed by atoms with Crippen LogP contribution in [0, 0.1) is 20.8 Å². The van der Waals surface area contributed by atoms with Crippen LogP contribution in [0.2, 0.25) is 0 Å². The second-order valence-corrected chi connectivity index (χ2v) is 8.32. The number of hydrogen-bond donors (Lipinski definition) is 2. The van der Waals surface area contributed by atoms with Crippen molar-refractivity contribution in [3.63, 3.8) is 0 Å². The highest BCUT2D eigenvalue weighted by Crippen LogP contribution is 2.49. The van der Waals surface area contributed by atoms with E-state index in [1.165, 1.54) is 16.7 Å². The predicted octanol–water partition coefficient (Wildman–Crippen LogP) is 4.36. The molecule has 2 aromatic carbocycles. The molecule has 4 heteroatoms. The molecule has 4 nitrogen and oxygen atoms in total. The number of rotatable bonds is 2. The third-order valence-corrected chi connectivity index (χ3v) is 6.92. The van der Waals surface area contributed by atoms with Crippen molar-refractivity contribution in [3.8, 4) is 5.75 Å². The molecule has 0 aliphatic carbocycles. The molecule has 2 N–H and O–H groups in total. The van der Waals surface area contributed by atoms with Gasteiger partial charge < -0.3 is 15.0 Å². The predicted molar refractivity (Wildman–Crippen MR) is 111 cm³/mol. The fourth-order valence-electron chi connectivity index (χ4n) is 5.09. The zero-order valence-electron chi connectivity index (χ0n) is 16.7. The number of fused-ring (bicyclic) bond motifs is 3. The summed E-state index contributed by atoms with van der Waals surface area (Å²) in [6, 6.07) is 12.4. The van der Waals surface area contributed by atoms with Crippen molar-refractivity contribution in [2.45, 2.75) is 45.1 Å². The Balaban J connectivity index is 1.63. The Morgan fingerprint density at radius 2 is 1.79 bits per heavy atom. The van der Waals surface area contributed by atoms with E-state index in [2.05, 4.69) is 48.4 Å². The van der Waals surface area contributed by atoms with Crippen LogP contribution in [-0.4, -0.2) is 30.0 Å². The van der Waals surface area contributed by atoms with Crippen molar-refractivity contribution in [1.29, 1.82) is 0 Å².